The molecule has 0 aliphatic rings. The van der Waals surface area contributed by atoms with Crippen LogP contribution in [0.5, 0.6) is 0 Å². The number of hydrogen-bond acceptors (Lipinski definition) is 2. The normalized spacial score (nSPS) is 9.87. The van der Waals surface area contributed by atoms with Gasteiger partial charge in [-0.3, -0.25) is 0 Å². The van der Waals surface area contributed by atoms with Crippen molar-refractivity contribution in [2.75, 3.05) is 18.1 Å². The smallest absolute Gasteiger partial charge is 0.0545 e. The van der Waals surface area contributed by atoms with Crippen LogP contribution in [0.15, 0.2) is 24.3 Å². The summed E-state index contributed by atoms with van der Waals surface area (Å²) in [6.45, 7) is 1.95. The largest absolute Gasteiger partial charge is 0.312 e. The number of rotatable bonds is 6. The van der Waals surface area contributed by atoms with Crippen molar-refractivity contribution in [3.8, 4) is 12.3 Å². The van der Waals surface area contributed by atoms with Crippen LogP contribution in [0.25, 0.3) is 0 Å². The van der Waals surface area contributed by atoms with Crippen LogP contribution in [0.2, 0.25) is 0 Å². The van der Waals surface area contributed by atoms with Gasteiger partial charge in [-0.25, -0.2) is 0 Å². The van der Waals surface area contributed by atoms with Gasteiger partial charge in [0.2, 0.25) is 0 Å². The van der Waals surface area contributed by atoms with E-state index in [0.717, 1.165) is 24.6 Å². The summed E-state index contributed by atoms with van der Waals surface area (Å²) in [5.74, 6) is 4.51. The second-order valence-corrected chi connectivity index (χ2v) is 5.41. The van der Waals surface area contributed by atoms with Crippen molar-refractivity contribution in [2.24, 2.45) is 0 Å². The van der Waals surface area contributed by atoms with Gasteiger partial charge in [0.05, 0.1) is 5.75 Å². The molecule has 0 bridgehead atoms. The molecular formula is C12H14INS. The Balaban J connectivity index is 2.10. The van der Waals surface area contributed by atoms with Gasteiger partial charge in [-0.15, -0.1) is 18.2 Å². The maximum absolute atomic E-state index is 5.16. The highest BCUT2D eigenvalue weighted by atomic mass is 127. The molecule has 1 N–H and O–H groups in total. The quantitative estimate of drug-likeness (QED) is 0.489. The molecule has 0 aliphatic carbocycles. The fraction of sp³-hybridized carbons (Fsp3) is 0.333. The standard InChI is InChI=1S/C12H14INS/c1-2-8-15-9-7-14-10-11-3-5-12(13)6-4-11/h1,3-6,14H,7-10H2. The first-order valence-electron chi connectivity index (χ1n) is 4.79. The molecule has 15 heavy (non-hydrogen) atoms. The van der Waals surface area contributed by atoms with Crippen LogP contribution in [0.1, 0.15) is 5.56 Å². The summed E-state index contributed by atoms with van der Waals surface area (Å²) in [5, 5.41) is 3.39. The van der Waals surface area contributed by atoms with Gasteiger partial charge in [-0.1, -0.05) is 18.1 Å². The third-order valence-corrected chi connectivity index (χ3v) is 3.43. The van der Waals surface area contributed by atoms with Gasteiger partial charge < -0.3 is 5.32 Å². The van der Waals surface area contributed by atoms with Crippen LogP contribution in [0, 0.1) is 15.9 Å². The Labute approximate surface area is 110 Å². The molecule has 0 saturated heterocycles. The van der Waals surface area contributed by atoms with E-state index in [1.54, 1.807) is 11.8 Å². The fourth-order valence-electron chi connectivity index (χ4n) is 1.11. The average molecular weight is 331 g/mol. The average Bonchev–Trinajstić information content (AvgIpc) is 2.26. The van der Waals surface area contributed by atoms with Crippen molar-refractivity contribution < 1.29 is 0 Å². The molecule has 0 aromatic heterocycles. The van der Waals surface area contributed by atoms with Gasteiger partial charge in [-0.05, 0) is 40.3 Å². The fourth-order valence-corrected chi connectivity index (χ4v) is 2.02. The molecule has 0 amide bonds. The lowest BCUT2D eigenvalue weighted by Gasteiger charge is -2.04. The monoisotopic (exact) mass is 331 g/mol. The predicted octanol–water partition coefficient (Wildman–Crippen LogP) is 2.75. The van der Waals surface area contributed by atoms with Gasteiger partial charge >= 0.3 is 0 Å². The molecular weight excluding hydrogens is 317 g/mol. The predicted molar refractivity (Wildman–Crippen MR) is 77.0 cm³/mol. The molecule has 0 heterocycles. The van der Waals surface area contributed by atoms with Crippen molar-refractivity contribution in [1.82, 2.24) is 5.32 Å². The highest BCUT2D eigenvalue weighted by Gasteiger charge is 1.92. The van der Waals surface area contributed by atoms with E-state index in [-0.39, 0.29) is 0 Å². The summed E-state index contributed by atoms with van der Waals surface area (Å²) in [4.78, 5) is 0. The van der Waals surface area contributed by atoms with Gasteiger partial charge in [-0.2, -0.15) is 0 Å². The Kier molecular flexibility index (Phi) is 6.90. The van der Waals surface area contributed by atoms with E-state index in [2.05, 4.69) is 58.1 Å². The number of terminal acetylenes is 1. The molecule has 0 spiro atoms. The summed E-state index contributed by atoms with van der Waals surface area (Å²) in [5.41, 5.74) is 1.33. The Morgan fingerprint density at radius 1 is 1.33 bits per heavy atom. The van der Waals surface area contributed by atoms with Crippen molar-refractivity contribution in [3.63, 3.8) is 0 Å². The topological polar surface area (TPSA) is 12.0 Å². The highest BCUT2D eigenvalue weighted by molar-refractivity contribution is 14.1. The zero-order chi connectivity index (χ0) is 10.9. The van der Waals surface area contributed by atoms with Gasteiger partial charge in [0.15, 0.2) is 0 Å². The van der Waals surface area contributed by atoms with E-state index in [0.29, 0.717) is 0 Å². The molecule has 3 heteroatoms. The van der Waals surface area contributed by atoms with E-state index < -0.39 is 0 Å². The Bertz CT molecular complexity index is 315. The molecule has 0 atom stereocenters. The van der Waals surface area contributed by atoms with Crippen molar-refractivity contribution >= 4 is 34.4 Å². The zero-order valence-corrected chi connectivity index (χ0v) is 11.5. The lowest BCUT2D eigenvalue weighted by atomic mass is 10.2. The summed E-state index contributed by atoms with van der Waals surface area (Å²) in [6.07, 6.45) is 5.16. The van der Waals surface area contributed by atoms with Crippen LogP contribution in [0.3, 0.4) is 0 Å². The maximum atomic E-state index is 5.16. The molecule has 80 valence electrons. The number of thioether (sulfide) groups is 1. The Morgan fingerprint density at radius 2 is 2.07 bits per heavy atom. The van der Waals surface area contributed by atoms with Crippen LogP contribution in [-0.4, -0.2) is 18.1 Å². The minimum absolute atomic E-state index is 0.811. The van der Waals surface area contributed by atoms with Crippen molar-refractivity contribution in [2.45, 2.75) is 6.54 Å². The highest BCUT2D eigenvalue weighted by Crippen LogP contribution is 2.06. The van der Waals surface area contributed by atoms with Crippen LogP contribution >= 0.6 is 34.4 Å². The Hall–Kier alpha value is -0.180. The molecule has 0 aliphatic heterocycles. The zero-order valence-electron chi connectivity index (χ0n) is 8.50. The third-order valence-electron chi connectivity index (χ3n) is 1.85. The minimum atomic E-state index is 0.811. The first-order valence-corrected chi connectivity index (χ1v) is 7.02. The van der Waals surface area contributed by atoms with Crippen LogP contribution < -0.4 is 5.32 Å². The summed E-state index contributed by atoms with van der Waals surface area (Å²) in [7, 11) is 0. The lowest BCUT2D eigenvalue weighted by Crippen LogP contribution is -2.16. The molecule has 0 radical (unpaired) electrons. The summed E-state index contributed by atoms with van der Waals surface area (Å²) < 4.78 is 1.28. The number of benzene rings is 1. The molecule has 0 saturated carbocycles. The number of hydrogen-bond donors (Lipinski definition) is 1. The van der Waals surface area contributed by atoms with Crippen LogP contribution in [0.4, 0.5) is 0 Å². The third kappa shape index (κ3) is 6.08. The summed E-state index contributed by atoms with van der Waals surface area (Å²) >= 11 is 4.11. The lowest BCUT2D eigenvalue weighted by molar-refractivity contribution is 0.732. The molecule has 1 aromatic carbocycles. The molecule has 1 rings (SSSR count). The SMILES string of the molecule is C#CCSCCNCc1ccc(I)cc1. The van der Waals surface area contributed by atoms with Gasteiger partial charge in [0.1, 0.15) is 0 Å². The van der Waals surface area contributed by atoms with Gasteiger partial charge in [0, 0.05) is 22.4 Å². The Morgan fingerprint density at radius 3 is 2.73 bits per heavy atom. The van der Waals surface area contributed by atoms with E-state index in [4.69, 9.17) is 6.42 Å². The van der Waals surface area contributed by atoms with Crippen LogP contribution in [-0.2, 0) is 6.54 Å². The molecule has 1 aromatic rings. The first kappa shape index (κ1) is 12.9. The van der Waals surface area contributed by atoms with Crippen molar-refractivity contribution in [1.29, 1.82) is 0 Å². The van der Waals surface area contributed by atoms with E-state index in [9.17, 15) is 0 Å². The molecule has 0 fully saturated rings. The number of nitrogens with one attached hydrogen (secondary N) is 1. The van der Waals surface area contributed by atoms with E-state index in [1.807, 2.05) is 0 Å². The van der Waals surface area contributed by atoms with Crippen molar-refractivity contribution in [3.05, 3.63) is 33.4 Å². The number of halogens is 1. The van der Waals surface area contributed by atoms with Gasteiger partial charge in [0.25, 0.3) is 0 Å². The maximum Gasteiger partial charge on any atom is 0.0545 e. The summed E-state index contributed by atoms with van der Waals surface area (Å²) in [6, 6.07) is 8.57. The van der Waals surface area contributed by atoms with E-state index in [1.165, 1.54) is 9.13 Å². The second-order valence-electron chi connectivity index (χ2n) is 3.06. The second kappa shape index (κ2) is 8.03. The van der Waals surface area contributed by atoms with E-state index >= 15 is 0 Å². The first-order chi connectivity index (χ1) is 7.33. The molecule has 0 unspecified atom stereocenters. The molecule has 1 nitrogen and oxygen atoms in total. The minimum Gasteiger partial charge on any atom is -0.312 e.